The van der Waals surface area contributed by atoms with Gasteiger partial charge in [-0.1, -0.05) is 50.0 Å². The van der Waals surface area contributed by atoms with Gasteiger partial charge in [0, 0.05) is 17.5 Å². The van der Waals surface area contributed by atoms with Gasteiger partial charge in [0.05, 0.1) is 20.0 Å². The molecule has 0 bridgehead atoms. The molecule has 0 radical (unpaired) electrons. The van der Waals surface area contributed by atoms with Gasteiger partial charge in [0.2, 0.25) is 5.89 Å². The summed E-state index contributed by atoms with van der Waals surface area (Å²) in [6.45, 7) is 4.08. The van der Waals surface area contributed by atoms with Crippen molar-refractivity contribution in [2.45, 2.75) is 68.8 Å². The number of hydrogen-bond acceptors (Lipinski definition) is 8. The summed E-state index contributed by atoms with van der Waals surface area (Å²) < 4.78 is 18.5. The second-order valence-corrected chi connectivity index (χ2v) is 8.97. The maximum atomic E-state index is 5.50. The molecule has 4 rings (SSSR count). The second-order valence-electron chi connectivity index (χ2n) is 8.03. The molecule has 0 aliphatic heterocycles. The molecular formula is C22H29N5O3S. The summed E-state index contributed by atoms with van der Waals surface area (Å²) >= 11 is 1.60. The van der Waals surface area contributed by atoms with Gasteiger partial charge in [0.15, 0.2) is 28.3 Å². The first-order valence-corrected chi connectivity index (χ1v) is 11.7. The molecule has 2 heterocycles. The minimum Gasteiger partial charge on any atom is -0.493 e. The van der Waals surface area contributed by atoms with Crippen LogP contribution in [-0.2, 0) is 5.75 Å². The van der Waals surface area contributed by atoms with Crippen LogP contribution in [0.4, 0.5) is 0 Å². The van der Waals surface area contributed by atoms with Gasteiger partial charge < -0.3 is 14.0 Å². The van der Waals surface area contributed by atoms with Crippen LogP contribution in [0, 0.1) is 0 Å². The van der Waals surface area contributed by atoms with E-state index in [9.17, 15) is 0 Å². The van der Waals surface area contributed by atoms with E-state index in [1.54, 1.807) is 26.0 Å². The molecule has 0 saturated heterocycles. The van der Waals surface area contributed by atoms with Crippen molar-refractivity contribution in [2.24, 2.45) is 0 Å². The number of ether oxygens (including phenoxy) is 2. The van der Waals surface area contributed by atoms with Crippen molar-refractivity contribution in [3.05, 3.63) is 29.9 Å². The Morgan fingerprint density at radius 3 is 2.55 bits per heavy atom. The van der Waals surface area contributed by atoms with Crippen molar-refractivity contribution in [3.8, 4) is 22.9 Å². The Labute approximate surface area is 186 Å². The lowest BCUT2D eigenvalue weighted by molar-refractivity contribution is 0.338. The molecule has 0 atom stereocenters. The Morgan fingerprint density at radius 2 is 1.87 bits per heavy atom. The molecule has 166 valence electrons. The molecule has 0 amide bonds. The Hall–Kier alpha value is -2.55. The molecule has 9 heteroatoms. The Balaban J connectivity index is 1.65. The summed E-state index contributed by atoms with van der Waals surface area (Å²) in [5, 5.41) is 14.1. The van der Waals surface area contributed by atoms with E-state index in [1.807, 2.05) is 32.0 Å². The first-order chi connectivity index (χ1) is 15.1. The van der Waals surface area contributed by atoms with Crippen LogP contribution in [-0.4, -0.2) is 39.1 Å². The van der Waals surface area contributed by atoms with Crippen LogP contribution in [0.5, 0.6) is 11.5 Å². The number of rotatable bonds is 8. The van der Waals surface area contributed by atoms with E-state index in [4.69, 9.17) is 14.0 Å². The second kappa shape index (κ2) is 9.72. The van der Waals surface area contributed by atoms with Crippen molar-refractivity contribution in [1.82, 2.24) is 24.9 Å². The number of benzene rings is 1. The maximum absolute atomic E-state index is 5.50. The lowest BCUT2D eigenvalue weighted by Gasteiger charge is -2.25. The highest BCUT2D eigenvalue weighted by molar-refractivity contribution is 7.98. The van der Waals surface area contributed by atoms with E-state index in [0.717, 1.165) is 29.4 Å². The molecule has 31 heavy (non-hydrogen) atoms. The largest absolute Gasteiger partial charge is 0.493 e. The predicted molar refractivity (Wildman–Crippen MR) is 119 cm³/mol. The van der Waals surface area contributed by atoms with Gasteiger partial charge >= 0.3 is 0 Å². The summed E-state index contributed by atoms with van der Waals surface area (Å²) in [7, 11) is 3.28. The molecular weight excluding hydrogens is 414 g/mol. The Kier molecular flexibility index (Phi) is 6.80. The Morgan fingerprint density at radius 1 is 1.10 bits per heavy atom. The van der Waals surface area contributed by atoms with E-state index in [-0.39, 0.29) is 5.92 Å². The van der Waals surface area contributed by atoms with Gasteiger partial charge in [-0.2, -0.15) is 4.98 Å². The van der Waals surface area contributed by atoms with Crippen molar-refractivity contribution in [2.75, 3.05) is 14.2 Å². The highest BCUT2D eigenvalue weighted by Gasteiger charge is 2.25. The number of methoxy groups -OCH3 is 2. The highest BCUT2D eigenvalue weighted by Crippen LogP contribution is 2.38. The summed E-state index contributed by atoms with van der Waals surface area (Å²) in [5.74, 6) is 4.38. The molecule has 1 aromatic carbocycles. The van der Waals surface area contributed by atoms with Gasteiger partial charge in [0.1, 0.15) is 0 Å². The SMILES string of the molecule is COc1ccc(-c2nnc(SCc3noc(C(C)C)n3)n2C2CCCCC2)cc1OC. The topological polar surface area (TPSA) is 88.1 Å². The van der Waals surface area contributed by atoms with Gasteiger partial charge in [-0.25, -0.2) is 0 Å². The predicted octanol–water partition coefficient (Wildman–Crippen LogP) is 5.27. The Bertz CT molecular complexity index is 1010. The van der Waals surface area contributed by atoms with Crippen LogP contribution < -0.4 is 9.47 Å². The third-order valence-electron chi connectivity index (χ3n) is 5.55. The first kappa shape index (κ1) is 21.7. The van der Waals surface area contributed by atoms with Gasteiger partial charge in [-0.15, -0.1) is 10.2 Å². The van der Waals surface area contributed by atoms with E-state index in [2.05, 4.69) is 24.9 Å². The first-order valence-electron chi connectivity index (χ1n) is 10.7. The minimum absolute atomic E-state index is 0.216. The van der Waals surface area contributed by atoms with Crippen LogP contribution in [0.1, 0.15) is 69.6 Å². The van der Waals surface area contributed by atoms with Gasteiger partial charge in [-0.3, -0.25) is 4.57 Å². The van der Waals surface area contributed by atoms with E-state index >= 15 is 0 Å². The molecule has 1 saturated carbocycles. The normalized spacial score (nSPS) is 14.9. The number of hydrogen-bond donors (Lipinski definition) is 0. The number of nitrogens with zero attached hydrogens (tertiary/aromatic N) is 5. The zero-order valence-electron chi connectivity index (χ0n) is 18.5. The molecule has 1 aliphatic carbocycles. The molecule has 1 fully saturated rings. The van der Waals surface area contributed by atoms with Crippen molar-refractivity contribution in [3.63, 3.8) is 0 Å². The monoisotopic (exact) mass is 443 g/mol. The quantitative estimate of drug-likeness (QED) is 0.435. The highest BCUT2D eigenvalue weighted by atomic mass is 32.2. The summed E-state index contributed by atoms with van der Waals surface area (Å²) in [5.41, 5.74) is 0.962. The van der Waals surface area contributed by atoms with Crippen LogP contribution >= 0.6 is 11.8 Å². The fourth-order valence-electron chi connectivity index (χ4n) is 3.91. The van der Waals surface area contributed by atoms with E-state index in [0.29, 0.717) is 35.0 Å². The standard InChI is InChI=1S/C22H29N5O3S/c1-14(2)21-23-19(26-30-21)13-31-22-25-24-20(27(22)16-8-6-5-7-9-16)15-10-11-17(28-3)18(12-15)29-4/h10-12,14,16H,5-9,13H2,1-4H3. The number of aromatic nitrogens is 5. The third-order valence-corrected chi connectivity index (χ3v) is 6.49. The van der Waals surface area contributed by atoms with Crippen molar-refractivity contribution >= 4 is 11.8 Å². The lowest BCUT2D eigenvalue weighted by Crippen LogP contribution is -2.15. The van der Waals surface area contributed by atoms with Gasteiger partial charge in [-0.05, 0) is 31.0 Å². The van der Waals surface area contributed by atoms with Gasteiger partial charge in [0.25, 0.3) is 0 Å². The molecule has 2 aromatic heterocycles. The van der Waals surface area contributed by atoms with E-state index < -0.39 is 0 Å². The van der Waals surface area contributed by atoms with Crippen molar-refractivity contribution < 1.29 is 14.0 Å². The molecule has 0 spiro atoms. The summed E-state index contributed by atoms with van der Waals surface area (Å²) in [6, 6.07) is 6.26. The average Bonchev–Trinajstić information content (AvgIpc) is 3.45. The van der Waals surface area contributed by atoms with Crippen LogP contribution in [0.3, 0.4) is 0 Å². The zero-order chi connectivity index (χ0) is 21.8. The van der Waals surface area contributed by atoms with E-state index in [1.165, 1.54) is 19.3 Å². The average molecular weight is 444 g/mol. The van der Waals surface area contributed by atoms with Crippen LogP contribution in [0.2, 0.25) is 0 Å². The van der Waals surface area contributed by atoms with Crippen LogP contribution in [0.15, 0.2) is 27.9 Å². The summed E-state index contributed by atoms with van der Waals surface area (Å²) in [4.78, 5) is 4.49. The third kappa shape index (κ3) is 4.71. The molecule has 3 aromatic rings. The lowest BCUT2D eigenvalue weighted by atomic mass is 9.95. The summed E-state index contributed by atoms with van der Waals surface area (Å²) in [6.07, 6.45) is 5.99. The molecule has 8 nitrogen and oxygen atoms in total. The smallest absolute Gasteiger partial charge is 0.229 e. The maximum Gasteiger partial charge on any atom is 0.229 e. The van der Waals surface area contributed by atoms with Crippen molar-refractivity contribution in [1.29, 1.82) is 0 Å². The molecule has 0 N–H and O–H groups in total. The fourth-order valence-corrected chi connectivity index (χ4v) is 4.75. The van der Waals surface area contributed by atoms with Crippen LogP contribution in [0.25, 0.3) is 11.4 Å². The number of thioether (sulfide) groups is 1. The fraction of sp³-hybridized carbons (Fsp3) is 0.545. The zero-order valence-corrected chi connectivity index (χ0v) is 19.3. The minimum atomic E-state index is 0.216. The molecule has 1 aliphatic rings. The molecule has 0 unspecified atom stereocenters.